The average Bonchev–Trinajstić information content (AvgIpc) is 2.62. The van der Waals surface area contributed by atoms with E-state index in [4.69, 9.17) is 4.74 Å². The van der Waals surface area contributed by atoms with Gasteiger partial charge in [-0.25, -0.2) is 0 Å². The van der Waals surface area contributed by atoms with Gasteiger partial charge in [-0.2, -0.15) is 0 Å². The standard InChI is InChI=1S/C13H24BrNO2/c1-9-5-6-10(17-9)12(16)15-11(7-8-14)13(2,3)4/h9-11H,5-8H2,1-4H3,(H,15,16). The number of halogens is 1. The molecule has 4 heteroatoms. The van der Waals surface area contributed by atoms with E-state index in [1.807, 2.05) is 6.92 Å². The van der Waals surface area contributed by atoms with E-state index in [0.717, 1.165) is 24.6 Å². The number of amides is 1. The lowest BCUT2D eigenvalue weighted by molar-refractivity contribution is -0.133. The Hall–Kier alpha value is -0.0900. The fourth-order valence-electron chi connectivity index (χ4n) is 2.09. The van der Waals surface area contributed by atoms with Gasteiger partial charge < -0.3 is 10.1 Å². The molecule has 0 bridgehead atoms. The van der Waals surface area contributed by atoms with Crippen LogP contribution in [0.4, 0.5) is 0 Å². The number of ether oxygens (including phenoxy) is 1. The molecule has 1 heterocycles. The number of alkyl halides is 1. The maximum atomic E-state index is 12.1. The summed E-state index contributed by atoms with van der Waals surface area (Å²) in [6.07, 6.45) is 2.74. The van der Waals surface area contributed by atoms with Crippen molar-refractivity contribution in [2.45, 2.75) is 65.2 Å². The van der Waals surface area contributed by atoms with Crippen molar-refractivity contribution < 1.29 is 9.53 Å². The zero-order chi connectivity index (χ0) is 13.1. The first kappa shape index (κ1) is 15.0. The predicted molar refractivity (Wildman–Crippen MR) is 73.4 cm³/mol. The van der Waals surface area contributed by atoms with Crippen LogP contribution in [0.25, 0.3) is 0 Å². The number of hydrogen-bond donors (Lipinski definition) is 1. The summed E-state index contributed by atoms with van der Waals surface area (Å²) in [6, 6.07) is 0.189. The van der Waals surface area contributed by atoms with Crippen molar-refractivity contribution in [3.8, 4) is 0 Å². The maximum Gasteiger partial charge on any atom is 0.249 e. The van der Waals surface area contributed by atoms with Crippen LogP contribution in [-0.4, -0.2) is 29.5 Å². The van der Waals surface area contributed by atoms with Gasteiger partial charge in [0.25, 0.3) is 0 Å². The first-order chi connectivity index (χ1) is 7.84. The molecule has 0 saturated carbocycles. The first-order valence-electron chi connectivity index (χ1n) is 6.36. The maximum absolute atomic E-state index is 12.1. The molecule has 0 aliphatic carbocycles. The number of carbonyl (C=O) groups is 1. The highest BCUT2D eigenvalue weighted by atomic mass is 79.9. The van der Waals surface area contributed by atoms with Crippen LogP contribution in [-0.2, 0) is 9.53 Å². The van der Waals surface area contributed by atoms with Gasteiger partial charge in [0.1, 0.15) is 6.10 Å². The fourth-order valence-corrected chi connectivity index (χ4v) is 2.55. The van der Waals surface area contributed by atoms with Crippen LogP contribution < -0.4 is 5.32 Å². The topological polar surface area (TPSA) is 38.3 Å². The Kier molecular flexibility index (Phi) is 5.45. The van der Waals surface area contributed by atoms with Gasteiger partial charge in [-0.3, -0.25) is 4.79 Å². The quantitative estimate of drug-likeness (QED) is 0.811. The second-order valence-corrected chi connectivity index (χ2v) is 6.71. The van der Waals surface area contributed by atoms with Gasteiger partial charge in [0.2, 0.25) is 5.91 Å². The van der Waals surface area contributed by atoms with Gasteiger partial charge in [-0.05, 0) is 31.6 Å². The molecular formula is C13H24BrNO2. The molecule has 17 heavy (non-hydrogen) atoms. The molecule has 3 nitrogen and oxygen atoms in total. The van der Waals surface area contributed by atoms with Crippen molar-refractivity contribution in [3.63, 3.8) is 0 Å². The second kappa shape index (κ2) is 6.19. The molecule has 0 radical (unpaired) electrons. The normalized spacial score (nSPS) is 26.9. The molecule has 1 saturated heterocycles. The van der Waals surface area contributed by atoms with E-state index in [9.17, 15) is 4.79 Å². The van der Waals surface area contributed by atoms with Gasteiger partial charge in [-0.1, -0.05) is 36.7 Å². The lowest BCUT2D eigenvalue weighted by Crippen LogP contribution is -2.47. The minimum absolute atomic E-state index is 0.0511. The summed E-state index contributed by atoms with van der Waals surface area (Å²) in [4.78, 5) is 12.1. The molecule has 1 aliphatic heterocycles. The summed E-state index contributed by atoms with van der Waals surface area (Å²) < 4.78 is 5.59. The Labute approximate surface area is 113 Å². The van der Waals surface area contributed by atoms with E-state index in [1.165, 1.54) is 0 Å². The van der Waals surface area contributed by atoms with Gasteiger partial charge in [-0.15, -0.1) is 0 Å². The molecule has 3 atom stereocenters. The molecule has 1 rings (SSSR count). The molecule has 1 N–H and O–H groups in total. The van der Waals surface area contributed by atoms with Crippen LogP contribution in [0, 0.1) is 5.41 Å². The van der Waals surface area contributed by atoms with Crippen molar-refractivity contribution in [2.24, 2.45) is 5.41 Å². The molecule has 0 aromatic heterocycles. The van der Waals surface area contributed by atoms with E-state index in [0.29, 0.717) is 0 Å². The Morgan fingerprint density at radius 3 is 2.53 bits per heavy atom. The lowest BCUT2D eigenvalue weighted by atomic mass is 9.85. The summed E-state index contributed by atoms with van der Waals surface area (Å²) in [5.41, 5.74) is 0.0770. The van der Waals surface area contributed by atoms with Crippen LogP contribution in [0.5, 0.6) is 0 Å². The van der Waals surface area contributed by atoms with Crippen molar-refractivity contribution in [2.75, 3.05) is 5.33 Å². The second-order valence-electron chi connectivity index (χ2n) is 5.92. The van der Waals surface area contributed by atoms with Crippen LogP contribution in [0.15, 0.2) is 0 Å². The molecule has 1 amide bonds. The molecule has 100 valence electrons. The van der Waals surface area contributed by atoms with E-state index in [-0.39, 0.29) is 29.6 Å². The van der Waals surface area contributed by atoms with E-state index < -0.39 is 0 Å². The summed E-state index contributed by atoms with van der Waals surface area (Å²) in [5.74, 6) is 0.0511. The molecule has 0 aromatic carbocycles. The Balaban J connectivity index is 2.52. The molecule has 3 unspecified atom stereocenters. The van der Waals surface area contributed by atoms with Crippen molar-refractivity contribution in [1.82, 2.24) is 5.32 Å². The monoisotopic (exact) mass is 305 g/mol. The molecule has 0 aromatic rings. The lowest BCUT2D eigenvalue weighted by Gasteiger charge is -2.32. The zero-order valence-corrected chi connectivity index (χ0v) is 12.8. The average molecular weight is 306 g/mol. The Bertz CT molecular complexity index is 263. The number of hydrogen-bond acceptors (Lipinski definition) is 2. The van der Waals surface area contributed by atoms with Crippen molar-refractivity contribution in [3.05, 3.63) is 0 Å². The zero-order valence-electron chi connectivity index (χ0n) is 11.3. The molecular weight excluding hydrogens is 282 g/mol. The highest BCUT2D eigenvalue weighted by molar-refractivity contribution is 9.09. The van der Waals surface area contributed by atoms with E-state index in [2.05, 4.69) is 42.0 Å². The third-order valence-electron chi connectivity index (χ3n) is 3.28. The van der Waals surface area contributed by atoms with Crippen molar-refractivity contribution in [1.29, 1.82) is 0 Å². The highest BCUT2D eigenvalue weighted by Crippen LogP contribution is 2.24. The fraction of sp³-hybridized carbons (Fsp3) is 0.923. The molecule has 0 spiro atoms. The smallest absolute Gasteiger partial charge is 0.249 e. The summed E-state index contributed by atoms with van der Waals surface area (Å²) in [5, 5.41) is 4.03. The van der Waals surface area contributed by atoms with Crippen LogP contribution in [0.2, 0.25) is 0 Å². The first-order valence-corrected chi connectivity index (χ1v) is 7.48. The van der Waals surface area contributed by atoms with Gasteiger partial charge in [0.15, 0.2) is 0 Å². The van der Waals surface area contributed by atoms with Crippen LogP contribution in [0.3, 0.4) is 0 Å². The SMILES string of the molecule is CC1CCC(C(=O)NC(CCBr)C(C)(C)C)O1. The summed E-state index contributed by atoms with van der Waals surface area (Å²) in [7, 11) is 0. The van der Waals surface area contributed by atoms with E-state index >= 15 is 0 Å². The number of rotatable bonds is 4. The highest BCUT2D eigenvalue weighted by Gasteiger charge is 2.32. The van der Waals surface area contributed by atoms with Crippen LogP contribution >= 0.6 is 15.9 Å². The molecule has 1 aliphatic rings. The van der Waals surface area contributed by atoms with E-state index in [1.54, 1.807) is 0 Å². The summed E-state index contributed by atoms with van der Waals surface area (Å²) >= 11 is 3.44. The Morgan fingerprint density at radius 2 is 2.12 bits per heavy atom. The Morgan fingerprint density at radius 1 is 1.47 bits per heavy atom. The third kappa shape index (κ3) is 4.59. The molecule has 1 fully saturated rings. The van der Waals surface area contributed by atoms with Gasteiger partial charge >= 0.3 is 0 Å². The van der Waals surface area contributed by atoms with Gasteiger partial charge in [0, 0.05) is 11.4 Å². The predicted octanol–water partition coefficient (Wildman–Crippen LogP) is 2.87. The van der Waals surface area contributed by atoms with Gasteiger partial charge in [0.05, 0.1) is 6.10 Å². The van der Waals surface area contributed by atoms with Crippen molar-refractivity contribution >= 4 is 21.8 Å². The van der Waals surface area contributed by atoms with Crippen LogP contribution in [0.1, 0.15) is 47.0 Å². The third-order valence-corrected chi connectivity index (χ3v) is 3.74. The largest absolute Gasteiger partial charge is 0.365 e. The minimum atomic E-state index is -0.245. The number of carbonyl (C=O) groups excluding carboxylic acids is 1. The minimum Gasteiger partial charge on any atom is -0.365 e. The number of nitrogens with one attached hydrogen (secondary N) is 1. The summed E-state index contributed by atoms with van der Waals surface area (Å²) in [6.45, 7) is 8.48.